The first-order valence-electron chi connectivity index (χ1n) is 6.59. The van der Waals surface area contributed by atoms with Crippen LogP contribution in [0.4, 0.5) is 0 Å². The highest BCUT2D eigenvalue weighted by Gasteiger charge is 2.15. The zero-order valence-electron chi connectivity index (χ0n) is 11.8. The Morgan fingerprint density at radius 1 is 1.25 bits per heavy atom. The van der Waals surface area contributed by atoms with E-state index in [-0.39, 0.29) is 5.63 Å². The topological polar surface area (TPSA) is 58.9 Å². The van der Waals surface area contributed by atoms with Crippen LogP contribution in [0.25, 0.3) is 11.1 Å². The van der Waals surface area contributed by atoms with Crippen molar-refractivity contribution in [3.63, 3.8) is 0 Å². The predicted octanol–water partition coefficient (Wildman–Crippen LogP) is 3.03. The first kappa shape index (κ1) is 12.7. The molecule has 0 atom stereocenters. The molecule has 1 aromatic carbocycles. The molecule has 102 valence electrons. The highest BCUT2D eigenvalue weighted by Crippen LogP contribution is 2.22. The second-order valence-electron chi connectivity index (χ2n) is 5.19. The summed E-state index contributed by atoms with van der Waals surface area (Å²) in [7, 11) is 0. The van der Waals surface area contributed by atoms with Gasteiger partial charge in [0.15, 0.2) is 0 Å². The quantitative estimate of drug-likeness (QED) is 0.777. The van der Waals surface area contributed by atoms with E-state index in [0.717, 1.165) is 22.2 Å². The zero-order chi connectivity index (χ0) is 14.3. The number of hydrogen-bond acceptors (Lipinski definition) is 3. The van der Waals surface area contributed by atoms with Gasteiger partial charge < -0.3 is 4.42 Å². The molecular formula is C16H16N2O2. The molecule has 0 amide bonds. The Kier molecular flexibility index (Phi) is 2.93. The Labute approximate surface area is 116 Å². The Hall–Kier alpha value is -2.36. The number of nitrogens with one attached hydrogen (secondary N) is 1. The van der Waals surface area contributed by atoms with Gasteiger partial charge in [-0.1, -0.05) is 29.8 Å². The Morgan fingerprint density at radius 2 is 2.05 bits per heavy atom. The van der Waals surface area contributed by atoms with Crippen LogP contribution in [-0.4, -0.2) is 10.2 Å². The average molecular weight is 268 g/mol. The summed E-state index contributed by atoms with van der Waals surface area (Å²) in [6, 6.07) is 8.16. The molecule has 0 bridgehead atoms. The Balaban J connectivity index is 2.16. The third-order valence-electron chi connectivity index (χ3n) is 3.64. The van der Waals surface area contributed by atoms with Gasteiger partial charge in [-0.05, 0) is 31.9 Å². The molecule has 0 radical (unpaired) electrons. The van der Waals surface area contributed by atoms with Gasteiger partial charge in [-0.15, -0.1) is 5.10 Å². The Morgan fingerprint density at radius 3 is 2.80 bits per heavy atom. The van der Waals surface area contributed by atoms with Gasteiger partial charge in [0.05, 0.1) is 5.39 Å². The molecule has 0 saturated carbocycles. The molecule has 0 saturated heterocycles. The number of rotatable bonds is 2. The van der Waals surface area contributed by atoms with Crippen LogP contribution in [-0.2, 0) is 6.42 Å². The zero-order valence-corrected chi connectivity index (χ0v) is 11.8. The second kappa shape index (κ2) is 4.63. The molecule has 3 rings (SSSR count). The SMILES string of the molecule is Cc1cccc(Cc2c(C)c3c(C)[nH]nc3oc2=O)c1. The summed E-state index contributed by atoms with van der Waals surface area (Å²) in [5.41, 5.74) is 4.95. The number of nitrogens with zero attached hydrogens (tertiary/aromatic N) is 1. The van der Waals surface area contributed by atoms with Gasteiger partial charge in [0.1, 0.15) is 0 Å². The minimum atomic E-state index is -0.303. The third-order valence-corrected chi connectivity index (χ3v) is 3.64. The number of fused-ring (bicyclic) bond motifs is 1. The lowest BCUT2D eigenvalue weighted by Gasteiger charge is -2.06. The van der Waals surface area contributed by atoms with Crippen molar-refractivity contribution in [2.75, 3.05) is 0 Å². The van der Waals surface area contributed by atoms with Crippen molar-refractivity contribution in [2.45, 2.75) is 27.2 Å². The fraction of sp³-hybridized carbons (Fsp3) is 0.250. The van der Waals surface area contributed by atoms with Crippen molar-refractivity contribution in [1.29, 1.82) is 0 Å². The molecule has 4 heteroatoms. The number of benzene rings is 1. The molecular weight excluding hydrogens is 252 g/mol. The first-order chi connectivity index (χ1) is 9.56. The summed E-state index contributed by atoms with van der Waals surface area (Å²) in [4.78, 5) is 12.1. The van der Waals surface area contributed by atoms with E-state index in [9.17, 15) is 4.79 Å². The third kappa shape index (κ3) is 2.03. The van der Waals surface area contributed by atoms with Crippen LogP contribution in [0.2, 0.25) is 0 Å². The van der Waals surface area contributed by atoms with E-state index < -0.39 is 0 Å². The van der Waals surface area contributed by atoms with Crippen LogP contribution in [0, 0.1) is 20.8 Å². The van der Waals surface area contributed by atoms with E-state index in [4.69, 9.17) is 4.42 Å². The van der Waals surface area contributed by atoms with Crippen LogP contribution in [0.15, 0.2) is 33.5 Å². The standard InChI is InChI=1S/C16H16N2O2/c1-9-5-4-6-12(7-9)8-13-10(2)14-11(3)17-18-15(14)20-16(13)19/h4-7H,8H2,1-3H3,(H,17,18). The lowest BCUT2D eigenvalue weighted by molar-refractivity contribution is 0.538. The maximum absolute atomic E-state index is 12.1. The highest BCUT2D eigenvalue weighted by molar-refractivity contribution is 5.80. The number of aromatic nitrogens is 2. The van der Waals surface area contributed by atoms with E-state index in [0.29, 0.717) is 17.7 Å². The minimum absolute atomic E-state index is 0.303. The molecule has 0 spiro atoms. The van der Waals surface area contributed by atoms with E-state index in [1.54, 1.807) is 0 Å². The van der Waals surface area contributed by atoms with Crippen LogP contribution in [0.5, 0.6) is 0 Å². The first-order valence-corrected chi connectivity index (χ1v) is 6.59. The number of hydrogen-bond donors (Lipinski definition) is 1. The molecule has 3 aromatic rings. The maximum Gasteiger partial charge on any atom is 0.341 e. The van der Waals surface area contributed by atoms with Gasteiger partial charge in [0, 0.05) is 17.7 Å². The number of aryl methyl sites for hydroxylation is 3. The smallest absolute Gasteiger partial charge is 0.341 e. The monoisotopic (exact) mass is 268 g/mol. The van der Waals surface area contributed by atoms with Crippen molar-refractivity contribution in [2.24, 2.45) is 0 Å². The molecule has 0 fully saturated rings. The largest absolute Gasteiger partial charge is 0.402 e. The predicted molar refractivity (Wildman–Crippen MR) is 78.1 cm³/mol. The van der Waals surface area contributed by atoms with Gasteiger partial charge >= 0.3 is 5.63 Å². The summed E-state index contributed by atoms with van der Waals surface area (Å²) in [5.74, 6) is 0. The molecule has 2 aromatic heterocycles. The highest BCUT2D eigenvalue weighted by atomic mass is 16.4. The van der Waals surface area contributed by atoms with Gasteiger partial charge in [-0.2, -0.15) is 0 Å². The fourth-order valence-corrected chi connectivity index (χ4v) is 2.61. The van der Waals surface area contributed by atoms with Crippen molar-refractivity contribution >= 4 is 11.1 Å². The molecule has 0 unspecified atom stereocenters. The van der Waals surface area contributed by atoms with Crippen LogP contribution < -0.4 is 5.63 Å². The fourth-order valence-electron chi connectivity index (χ4n) is 2.61. The Bertz CT molecular complexity index is 843. The van der Waals surface area contributed by atoms with E-state index in [2.05, 4.69) is 16.3 Å². The lowest BCUT2D eigenvalue weighted by atomic mass is 9.99. The number of aromatic amines is 1. The van der Waals surface area contributed by atoms with Gasteiger partial charge in [0.2, 0.25) is 5.71 Å². The average Bonchev–Trinajstić information content (AvgIpc) is 2.76. The summed E-state index contributed by atoms with van der Waals surface area (Å²) in [5, 5.41) is 7.78. The molecule has 1 N–H and O–H groups in total. The van der Waals surface area contributed by atoms with E-state index in [1.165, 1.54) is 5.56 Å². The normalized spacial score (nSPS) is 11.2. The molecule has 20 heavy (non-hydrogen) atoms. The van der Waals surface area contributed by atoms with Crippen molar-refractivity contribution in [3.8, 4) is 0 Å². The van der Waals surface area contributed by atoms with Crippen LogP contribution in [0.1, 0.15) is 27.9 Å². The summed E-state index contributed by atoms with van der Waals surface area (Å²) >= 11 is 0. The molecule has 0 aliphatic heterocycles. The van der Waals surface area contributed by atoms with Gasteiger partial charge in [0.25, 0.3) is 0 Å². The van der Waals surface area contributed by atoms with Crippen LogP contribution in [0.3, 0.4) is 0 Å². The van der Waals surface area contributed by atoms with Gasteiger partial charge in [-0.3, -0.25) is 5.10 Å². The lowest BCUT2D eigenvalue weighted by Crippen LogP contribution is -2.10. The van der Waals surface area contributed by atoms with E-state index in [1.807, 2.05) is 39.0 Å². The summed E-state index contributed by atoms with van der Waals surface area (Å²) in [6.45, 7) is 5.92. The van der Waals surface area contributed by atoms with Crippen LogP contribution >= 0.6 is 0 Å². The summed E-state index contributed by atoms with van der Waals surface area (Å²) in [6.07, 6.45) is 0.580. The van der Waals surface area contributed by atoms with E-state index >= 15 is 0 Å². The van der Waals surface area contributed by atoms with Crippen molar-refractivity contribution < 1.29 is 4.42 Å². The second-order valence-corrected chi connectivity index (χ2v) is 5.19. The van der Waals surface area contributed by atoms with Crippen molar-refractivity contribution in [3.05, 3.63) is 62.6 Å². The van der Waals surface area contributed by atoms with Gasteiger partial charge in [-0.25, -0.2) is 4.79 Å². The molecule has 4 nitrogen and oxygen atoms in total. The molecule has 0 aliphatic rings. The summed E-state index contributed by atoms with van der Waals surface area (Å²) < 4.78 is 5.30. The maximum atomic E-state index is 12.1. The molecule has 0 aliphatic carbocycles. The number of H-pyrrole nitrogens is 1. The van der Waals surface area contributed by atoms with Crippen molar-refractivity contribution in [1.82, 2.24) is 10.2 Å². The minimum Gasteiger partial charge on any atom is -0.402 e. The molecule has 2 heterocycles.